The summed E-state index contributed by atoms with van der Waals surface area (Å²) >= 11 is 9.31. The van der Waals surface area contributed by atoms with Crippen LogP contribution in [0.1, 0.15) is 11.4 Å². The van der Waals surface area contributed by atoms with Gasteiger partial charge in [0.05, 0.1) is 11.4 Å². The smallest absolute Gasteiger partial charge is 0.227 e. The Morgan fingerprint density at radius 2 is 1.82 bits per heavy atom. The van der Waals surface area contributed by atoms with Gasteiger partial charge in [-0.1, -0.05) is 39.7 Å². The lowest BCUT2D eigenvalue weighted by Gasteiger charge is -2.11. The molecule has 3 aromatic rings. The molecule has 0 saturated heterocycles. The Balaban J connectivity index is 2.33. The molecule has 2 aromatic heterocycles. The van der Waals surface area contributed by atoms with Gasteiger partial charge in [-0.3, -0.25) is 0 Å². The summed E-state index contributed by atoms with van der Waals surface area (Å²) < 4.78 is 41.4. The quantitative estimate of drug-likeness (QED) is 0.576. The van der Waals surface area contributed by atoms with Crippen LogP contribution in [-0.4, -0.2) is 14.6 Å². The second-order valence-electron chi connectivity index (χ2n) is 4.67. The van der Waals surface area contributed by atoms with Crippen molar-refractivity contribution in [2.24, 2.45) is 0 Å². The van der Waals surface area contributed by atoms with E-state index in [-0.39, 0.29) is 16.4 Å². The molecule has 0 saturated carbocycles. The van der Waals surface area contributed by atoms with E-state index in [0.717, 1.165) is 15.1 Å². The van der Waals surface area contributed by atoms with E-state index in [9.17, 15) is 13.2 Å². The molecule has 8 heteroatoms. The highest BCUT2D eigenvalue weighted by atomic mass is 79.9. The van der Waals surface area contributed by atoms with Crippen molar-refractivity contribution >= 4 is 33.2 Å². The molecular weight excluding hydrogens is 383 g/mol. The molecule has 0 spiro atoms. The first-order valence-electron chi connectivity index (χ1n) is 6.16. The van der Waals surface area contributed by atoms with Crippen molar-refractivity contribution in [3.05, 3.63) is 51.2 Å². The van der Waals surface area contributed by atoms with Gasteiger partial charge in [0.15, 0.2) is 11.3 Å². The summed E-state index contributed by atoms with van der Waals surface area (Å²) in [6.07, 6.45) is -4.56. The maximum absolute atomic E-state index is 13.3. The van der Waals surface area contributed by atoms with Crippen molar-refractivity contribution in [1.82, 2.24) is 14.6 Å². The van der Waals surface area contributed by atoms with E-state index in [2.05, 4.69) is 26.0 Å². The Morgan fingerprint density at radius 3 is 2.41 bits per heavy atom. The van der Waals surface area contributed by atoms with E-state index in [4.69, 9.17) is 11.6 Å². The predicted molar refractivity (Wildman–Crippen MR) is 80.9 cm³/mol. The fourth-order valence-electron chi connectivity index (χ4n) is 2.07. The van der Waals surface area contributed by atoms with Gasteiger partial charge < -0.3 is 0 Å². The number of halogens is 5. The lowest BCUT2D eigenvalue weighted by Crippen LogP contribution is -2.13. The monoisotopic (exact) mass is 389 g/mol. The molecule has 0 atom stereocenters. The first-order valence-corrected chi connectivity index (χ1v) is 7.33. The molecule has 0 aliphatic heterocycles. The molecule has 114 valence electrons. The van der Waals surface area contributed by atoms with Gasteiger partial charge in [-0.05, 0) is 25.1 Å². The maximum atomic E-state index is 13.3. The van der Waals surface area contributed by atoms with Crippen LogP contribution >= 0.6 is 27.5 Å². The zero-order valence-corrected chi connectivity index (χ0v) is 13.5. The second-order valence-corrected chi connectivity index (χ2v) is 5.96. The minimum absolute atomic E-state index is 0.00749. The summed E-state index contributed by atoms with van der Waals surface area (Å²) in [5, 5.41) is 3.94. The largest absolute Gasteiger partial charge is 0.433 e. The van der Waals surface area contributed by atoms with Crippen LogP contribution in [0.5, 0.6) is 0 Å². The van der Waals surface area contributed by atoms with Gasteiger partial charge in [0.25, 0.3) is 0 Å². The molecule has 3 rings (SSSR count). The van der Waals surface area contributed by atoms with Crippen molar-refractivity contribution < 1.29 is 13.2 Å². The lowest BCUT2D eigenvalue weighted by atomic mass is 10.1. The first kappa shape index (κ1) is 15.3. The van der Waals surface area contributed by atoms with Crippen LogP contribution in [0.3, 0.4) is 0 Å². The average Bonchev–Trinajstić information content (AvgIpc) is 2.73. The topological polar surface area (TPSA) is 30.2 Å². The number of benzene rings is 1. The molecule has 0 fully saturated rings. The summed E-state index contributed by atoms with van der Waals surface area (Å²) in [5.74, 6) is 0. The molecule has 22 heavy (non-hydrogen) atoms. The van der Waals surface area contributed by atoms with Crippen LogP contribution in [0, 0.1) is 6.92 Å². The molecule has 1 aromatic carbocycles. The standard InChI is InChI=1S/C14H8BrClF3N3/c1-7-12(16)13-20-10(8-2-4-9(15)5-3-8)6-11(14(17,18)19)22(13)21-7/h2-6H,1H3. The molecule has 0 bridgehead atoms. The van der Waals surface area contributed by atoms with Gasteiger partial charge in [0.2, 0.25) is 0 Å². The van der Waals surface area contributed by atoms with Crippen molar-refractivity contribution in [2.45, 2.75) is 13.1 Å². The Bertz CT molecular complexity index is 856. The Kier molecular flexibility index (Phi) is 3.65. The minimum atomic E-state index is -4.56. The Hall–Kier alpha value is -1.60. The number of fused-ring (bicyclic) bond motifs is 1. The number of aryl methyl sites for hydroxylation is 1. The molecule has 0 aliphatic rings. The van der Waals surface area contributed by atoms with E-state index >= 15 is 0 Å². The van der Waals surface area contributed by atoms with Gasteiger partial charge in [0, 0.05) is 10.0 Å². The molecule has 0 amide bonds. The van der Waals surface area contributed by atoms with E-state index in [1.165, 1.54) is 6.92 Å². The van der Waals surface area contributed by atoms with Crippen molar-refractivity contribution in [3.8, 4) is 11.3 Å². The predicted octanol–water partition coefficient (Wildman–Crippen LogP) is 5.14. The average molecular weight is 391 g/mol. The highest BCUT2D eigenvalue weighted by Crippen LogP contribution is 2.34. The van der Waals surface area contributed by atoms with Crippen LogP contribution in [-0.2, 0) is 6.18 Å². The molecule has 0 N–H and O–H groups in total. The van der Waals surface area contributed by atoms with Crippen LogP contribution in [0.4, 0.5) is 13.2 Å². The zero-order valence-electron chi connectivity index (χ0n) is 11.1. The third-order valence-corrected chi connectivity index (χ3v) is 4.09. The number of aromatic nitrogens is 3. The zero-order chi connectivity index (χ0) is 16.1. The molecule has 3 nitrogen and oxygen atoms in total. The van der Waals surface area contributed by atoms with Gasteiger partial charge in [-0.15, -0.1) is 0 Å². The van der Waals surface area contributed by atoms with Crippen molar-refractivity contribution in [1.29, 1.82) is 0 Å². The van der Waals surface area contributed by atoms with Crippen LogP contribution in [0.25, 0.3) is 16.9 Å². The van der Waals surface area contributed by atoms with Crippen LogP contribution < -0.4 is 0 Å². The Labute approximate surface area is 136 Å². The number of rotatable bonds is 1. The third-order valence-electron chi connectivity index (χ3n) is 3.12. The second kappa shape index (κ2) is 5.24. The SMILES string of the molecule is Cc1nn2c(C(F)(F)F)cc(-c3ccc(Br)cc3)nc2c1Cl. The molecular formula is C14H8BrClF3N3. The molecule has 0 radical (unpaired) electrons. The van der Waals surface area contributed by atoms with Crippen LogP contribution in [0.15, 0.2) is 34.8 Å². The van der Waals surface area contributed by atoms with Crippen LogP contribution in [0.2, 0.25) is 5.02 Å². The maximum Gasteiger partial charge on any atom is 0.433 e. The highest BCUT2D eigenvalue weighted by Gasteiger charge is 2.35. The molecule has 0 unspecified atom stereocenters. The van der Waals surface area contributed by atoms with Gasteiger partial charge in [-0.2, -0.15) is 18.3 Å². The first-order chi connectivity index (χ1) is 10.3. The van der Waals surface area contributed by atoms with E-state index in [1.54, 1.807) is 24.3 Å². The number of hydrogen-bond acceptors (Lipinski definition) is 2. The number of nitrogens with zero attached hydrogens (tertiary/aromatic N) is 3. The summed E-state index contributed by atoms with van der Waals surface area (Å²) in [4.78, 5) is 4.22. The Morgan fingerprint density at radius 1 is 1.18 bits per heavy atom. The number of alkyl halides is 3. The fraction of sp³-hybridized carbons (Fsp3) is 0.143. The van der Waals surface area contributed by atoms with Crippen molar-refractivity contribution in [3.63, 3.8) is 0 Å². The normalized spacial score (nSPS) is 12.1. The summed E-state index contributed by atoms with van der Waals surface area (Å²) in [7, 11) is 0. The summed E-state index contributed by atoms with van der Waals surface area (Å²) in [6, 6.07) is 7.80. The fourth-order valence-corrected chi connectivity index (χ4v) is 2.49. The molecule has 0 aliphatic carbocycles. The van der Waals surface area contributed by atoms with Gasteiger partial charge in [0.1, 0.15) is 5.02 Å². The lowest BCUT2D eigenvalue weighted by molar-refractivity contribution is -0.142. The van der Waals surface area contributed by atoms with Gasteiger partial charge >= 0.3 is 6.18 Å². The van der Waals surface area contributed by atoms with Crippen molar-refractivity contribution in [2.75, 3.05) is 0 Å². The minimum Gasteiger partial charge on any atom is -0.227 e. The van der Waals surface area contributed by atoms with E-state index in [1.807, 2.05) is 0 Å². The highest BCUT2D eigenvalue weighted by molar-refractivity contribution is 9.10. The molecule has 2 heterocycles. The summed E-state index contributed by atoms with van der Waals surface area (Å²) in [5.41, 5.74) is 0.130. The van der Waals surface area contributed by atoms with Gasteiger partial charge in [-0.25, -0.2) is 9.50 Å². The number of hydrogen-bond donors (Lipinski definition) is 0. The summed E-state index contributed by atoms with van der Waals surface area (Å²) in [6.45, 7) is 1.54. The van der Waals surface area contributed by atoms with E-state index in [0.29, 0.717) is 11.3 Å². The van der Waals surface area contributed by atoms with E-state index < -0.39 is 11.9 Å². The third kappa shape index (κ3) is 2.59.